The molecule has 1 unspecified atom stereocenters. The number of rotatable bonds is 7. The Morgan fingerprint density at radius 2 is 1.81 bits per heavy atom. The fraction of sp³-hybridized carbons (Fsp3) is 0.385. The quantitative estimate of drug-likeness (QED) is 0.450. The number of carbonyl (C=O) groups excluding carboxylic acids is 1. The summed E-state index contributed by atoms with van der Waals surface area (Å²) < 4.78 is 0. The molecule has 31 heavy (non-hydrogen) atoms. The van der Waals surface area contributed by atoms with Gasteiger partial charge in [0.15, 0.2) is 5.13 Å². The number of carbonyl (C=O) groups is 1. The van der Waals surface area contributed by atoms with Gasteiger partial charge < -0.3 is 10.2 Å². The van der Waals surface area contributed by atoms with E-state index in [1.54, 1.807) is 11.3 Å². The molecule has 162 valence electrons. The monoisotopic (exact) mass is 433 g/mol. The van der Waals surface area contributed by atoms with Gasteiger partial charge in [0.25, 0.3) is 0 Å². The average Bonchev–Trinajstić information content (AvgIpc) is 3.31. The van der Waals surface area contributed by atoms with Crippen molar-refractivity contribution in [1.29, 1.82) is 0 Å². The van der Waals surface area contributed by atoms with Crippen molar-refractivity contribution in [2.75, 3.05) is 17.3 Å². The molecule has 3 aromatic rings. The Morgan fingerprint density at radius 3 is 2.48 bits per heavy atom. The minimum atomic E-state index is -0.141. The third kappa shape index (κ3) is 5.16. The van der Waals surface area contributed by atoms with Crippen molar-refractivity contribution in [3.8, 4) is 11.3 Å². The van der Waals surface area contributed by atoms with E-state index in [0.717, 1.165) is 34.1 Å². The molecule has 1 aromatic heterocycles. The summed E-state index contributed by atoms with van der Waals surface area (Å²) in [4.78, 5) is 20.0. The molecule has 2 aromatic carbocycles. The average molecular weight is 434 g/mol. The highest BCUT2D eigenvalue weighted by atomic mass is 32.1. The number of anilines is 2. The van der Waals surface area contributed by atoms with Crippen molar-refractivity contribution in [3.05, 3.63) is 65.5 Å². The molecule has 1 atom stereocenters. The molecule has 1 aliphatic rings. The Hall–Kier alpha value is -2.66. The van der Waals surface area contributed by atoms with Gasteiger partial charge in [0, 0.05) is 29.7 Å². The minimum Gasteiger partial charge on any atom is -0.348 e. The first-order valence-electron chi connectivity index (χ1n) is 11.3. The summed E-state index contributed by atoms with van der Waals surface area (Å²) >= 11 is 1.71. The van der Waals surface area contributed by atoms with Crippen molar-refractivity contribution in [1.82, 2.24) is 4.98 Å². The lowest BCUT2D eigenvalue weighted by Crippen LogP contribution is -2.33. The maximum Gasteiger partial charge on any atom is 0.231 e. The zero-order valence-corrected chi connectivity index (χ0v) is 19.2. The Balaban J connectivity index is 1.41. The van der Waals surface area contributed by atoms with Crippen LogP contribution >= 0.6 is 11.3 Å². The molecule has 0 bridgehead atoms. The van der Waals surface area contributed by atoms with Crippen molar-refractivity contribution in [2.45, 2.75) is 57.4 Å². The molecule has 4 rings (SSSR count). The summed E-state index contributed by atoms with van der Waals surface area (Å²) in [6.45, 7) is 2.05. The van der Waals surface area contributed by atoms with Gasteiger partial charge in [-0.3, -0.25) is 4.79 Å². The van der Waals surface area contributed by atoms with Crippen LogP contribution in [0, 0.1) is 0 Å². The third-order valence-corrected chi connectivity index (χ3v) is 7.22. The van der Waals surface area contributed by atoms with Crippen LogP contribution in [0.25, 0.3) is 11.3 Å². The number of hydrogen-bond donors (Lipinski definition) is 1. The van der Waals surface area contributed by atoms with Gasteiger partial charge >= 0.3 is 0 Å². The third-order valence-electron chi connectivity index (χ3n) is 6.29. The van der Waals surface area contributed by atoms with Gasteiger partial charge in [0.1, 0.15) is 0 Å². The van der Waals surface area contributed by atoms with E-state index in [4.69, 9.17) is 4.98 Å². The van der Waals surface area contributed by atoms with Crippen molar-refractivity contribution in [3.63, 3.8) is 0 Å². The van der Waals surface area contributed by atoms with Crippen molar-refractivity contribution >= 4 is 28.1 Å². The van der Waals surface area contributed by atoms with Gasteiger partial charge in [-0.05, 0) is 37.0 Å². The lowest BCUT2D eigenvalue weighted by molar-refractivity contribution is -0.117. The Morgan fingerprint density at radius 1 is 1.10 bits per heavy atom. The normalized spacial score (nSPS) is 15.4. The van der Waals surface area contributed by atoms with Crippen LogP contribution in [0.5, 0.6) is 0 Å². The summed E-state index contributed by atoms with van der Waals surface area (Å²) in [7, 11) is 2.17. The highest BCUT2D eigenvalue weighted by Crippen LogP contribution is 2.32. The number of nitrogens with zero attached hydrogens (tertiary/aromatic N) is 2. The molecule has 1 saturated carbocycles. The SMILES string of the molecule is CCC(C(=O)Nc1ccc(-c2csc(N(C)C3CCCCC3)n2)cc1)c1ccccc1. The smallest absolute Gasteiger partial charge is 0.231 e. The lowest BCUT2D eigenvalue weighted by Gasteiger charge is -2.30. The minimum absolute atomic E-state index is 0.0338. The molecule has 0 saturated heterocycles. The van der Waals surface area contributed by atoms with E-state index in [2.05, 4.69) is 22.6 Å². The largest absolute Gasteiger partial charge is 0.348 e. The van der Waals surface area contributed by atoms with Gasteiger partial charge in [-0.15, -0.1) is 11.3 Å². The number of amides is 1. The zero-order valence-electron chi connectivity index (χ0n) is 18.4. The fourth-order valence-corrected chi connectivity index (χ4v) is 5.27. The van der Waals surface area contributed by atoms with Crippen molar-refractivity contribution in [2.24, 2.45) is 0 Å². The lowest BCUT2D eigenvalue weighted by atomic mass is 9.95. The van der Waals surface area contributed by atoms with Gasteiger partial charge in [0.2, 0.25) is 5.91 Å². The first-order valence-corrected chi connectivity index (χ1v) is 12.2. The van der Waals surface area contributed by atoms with Crippen LogP contribution in [-0.4, -0.2) is 24.0 Å². The Labute approximate surface area is 189 Å². The second-order valence-electron chi connectivity index (χ2n) is 8.36. The van der Waals surface area contributed by atoms with Crippen LogP contribution in [0.3, 0.4) is 0 Å². The molecule has 5 heteroatoms. The summed E-state index contributed by atoms with van der Waals surface area (Å²) in [6.07, 6.45) is 7.31. The highest BCUT2D eigenvalue weighted by molar-refractivity contribution is 7.14. The molecule has 4 nitrogen and oxygen atoms in total. The van der Waals surface area contributed by atoms with Gasteiger partial charge in [0.05, 0.1) is 11.6 Å². The van der Waals surface area contributed by atoms with Crippen LogP contribution in [0.1, 0.15) is 56.9 Å². The van der Waals surface area contributed by atoms with E-state index in [9.17, 15) is 4.79 Å². The van der Waals surface area contributed by atoms with Crippen LogP contribution in [0.4, 0.5) is 10.8 Å². The zero-order chi connectivity index (χ0) is 21.6. The number of nitrogens with one attached hydrogen (secondary N) is 1. The van der Waals surface area contributed by atoms with Gasteiger partial charge in [-0.1, -0.05) is 68.7 Å². The predicted molar refractivity (Wildman–Crippen MR) is 131 cm³/mol. The molecule has 0 aliphatic heterocycles. The first-order chi connectivity index (χ1) is 15.2. The van der Waals surface area contributed by atoms with E-state index >= 15 is 0 Å². The second-order valence-corrected chi connectivity index (χ2v) is 9.19. The molecular weight excluding hydrogens is 402 g/mol. The highest BCUT2D eigenvalue weighted by Gasteiger charge is 2.21. The molecule has 1 amide bonds. The summed E-state index contributed by atoms with van der Waals surface area (Å²) in [6, 6.07) is 18.6. The van der Waals surface area contributed by atoms with Crippen LogP contribution in [0.15, 0.2) is 60.0 Å². The molecular formula is C26H31N3OS. The van der Waals surface area contributed by atoms with E-state index in [1.165, 1.54) is 32.1 Å². The Kier molecular flexibility index (Phi) is 7.03. The maximum absolute atomic E-state index is 12.8. The van der Waals surface area contributed by atoms with Crippen LogP contribution in [0.2, 0.25) is 0 Å². The first kappa shape index (κ1) is 21.6. The molecule has 1 aliphatic carbocycles. The van der Waals surface area contributed by atoms with Gasteiger partial charge in [-0.25, -0.2) is 4.98 Å². The standard InChI is InChI=1S/C26H31N3OS/c1-3-23(19-10-6-4-7-11-19)25(30)27-21-16-14-20(15-17-21)24-18-31-26(28-24)29(2)22-12-8-5-9-13-22/h4,6-7,10-11,14-18,22-23H,3,5,8-9,12-13H2,1-2H3,(H,27,30). The Bertz CT molecular complexity index is 977. The predicted octanol–water partition coefficient (Wildman–Crippen LogP) is 6.71. The number of thiazole rings is 1. The maximum atomic E-state index is 12.8. The van der Waals surface area contributed by atoms with Crippen molar-refractivity contribution < 1.29 is 4.79 Å². The molecule has 1 fully saturated rings. The second kappa shape index (κ2) is 10.1. The number of aromatic nitrogens is 1. The molecule has 0 spiro atoms. The van der Waals surface area contributed by atoms with E-state index in [-0.39, 0.29) is 11.8 Å². The fourth-order valence-electron chi connectivity index (χ4n) is 4.39. The van der Waals surface area contributed by atoms with E-state index in [0.29, 0.717) is 6.04 Å². The van der Waals surface area contributed by atoms with E-state index in [1.807, 2.05) is 61.5 Å². The topological polar surface area (TPSA) is 45.2 Å². The molecule has 1 N–H and O–H groups in total. The summed E-state index contributed by atoms with van der Waals surface area (Å²) in [5.74, 6) is -0.108. The summed E-state index contributed by atoms with van der Waals surface area (Å²) in [5, 5.41) is 6.29. The molecule has 1 heterocycles. The van der Waals surface area contributed by atoms with Gasteiger partial charge in [-0.2, -0.15) is 0 Å². The number of hydrogen-bond acceptors (Lipinski definition) is 4. The van der Waals surface area contributed by atoms with E-state index < -0.39 is 0 Å². The molecule has 0 radical (unpaired) electrons. The van der Waals surface area contributed by atoms with Crippen LogP contribution < -0.4 is 10.2 Å². The van der Waals surface area contributed by atoms with Crippen LogP contribution in [-0.2, 0) is 4.79 Å². The number of benzene rings is 2. The summed E-state index contributed by atoms with van der Waals surface area (Å²) in [5.41, 5.74) is 3.94.